The van der Waals surface area contributed by atoms with Gasteiger partial charge in [0.25, 0.3) is 0 Å². The first kappa shape index (κ1) is 11.7. The monoisotopic (exact) mass is 233 g/mol. The Bertz CT molecular complexity index is 440. The van der Waals surface area contributed by atoms with Crippen molar-refractivity contribution in [1.82, 2.24) is 5.32 Å². The summed E-state index contributed by atoms with van der Waals surface area (Å²) in [6, 6.07) is 6.46. The summed E-state index contributed by atoms with van der Waals surface area (Å²) in [6.45, 7) is 1.70. The lowest BCUT2D eigenvalue weighted by Gasteiger charge is -2.13. The number of para-hydroxylation sites is 2. The van der Waals surface area contributed by atoms with E-state index in [9.17, 15) is 9.90 Å². The van der Waals surface area contributed by atoms with Crippen LogP contribution in [0.3, 0.4) is 0 Å². The quantitative estimate of drug-likeness (QED) is 0.473. The van der Waals surface area contributed by atoms with Crippen LogP contribution in [0.5, 0.6) is 11.5 Å². The van der Waals surface area contributed by atoms with Gasteiger partial charge in [0, 0.05) is 6.54 Å². The first-order valence-corrected chi connectivity index (χ1v) is 5.63. The lowest BCUT2D eigenvalue weighted by molar-refractivity contribution is -0.133. The lowest BCUT2D eigenvalue weighted by atomic mass is 10.1. The number of rotatable bonds is 3. The Morgan fingerprint density at radius 3 is 2.94 bits per heavy atom. The molecular formula is C13H15NO3. The molecule has 0 saturated heterocycles. The number of benzene rings is 1. The summed E-state index contributed by atoms with van der Waals surface area (Å²) in [5.41, 5.74) is 1.09. The molecule has 1 heterocycles. The highest BCUT2D eigenvalue weighted by Crippen LogP contribution is 2.25. The van der Waals surface area contributed by atoms with E-state index in [-0.39, 0.29) is 23.9 Å². The SMILES string of the molecule is O=C(CC1=CCNCC1)Oc1ccccc1O. The predicted octanol–water partition coefficient (Wildman–Crippen LogP) is 1.61. The van der Waals surface area contributed by atoms with E-state index in [1.165, 1.54) is 6.07 Å². The molecular weight excluding hydrogens is 218 g/mol. The summed E-state index contributed by atoms with van der Waals surface area (Å²) in [6.07, 6.45) is 3.17. The van der Waals surface area contributed by atoms with E-state index in [1.807, 2.05) is 6.08 Å². The number of hydrogen-bond acceptors (Lipinski definition) is 4. The van der Waals surface area contributed by atoms with E-state index in [1.54, 1.807) is 18.2 Å². The smallest absolute Gasteiger partial charge is 0.315 e. The van der Waals surface area contributed by atoms with Gasteiger partial charge in [-0.1, -0.05) is 23.8 Å². The average Bonchev–Trinajstić information content (AvgIpc) is 2.33. The molecule has 0 atom stereocenters. The Morgan fingerprint density at radius 1 is 1.41 bits per heavy atom. The molecule has 1 aliphatic rings. The summed E-state index contributed by atoms with van der Waals surface area (Å²) in [5, 5.41) is 12.6. The van der Waals surface area contributed by atoms with Gasteiger partial charge < -0.3 is 15.2 Å². The Balaban J connectivity index is 1.93. The van der Waals surface area contributed by atoms with E-state index in [0.29, 0.717) is 0 Å². The van der Waals surface area contributed by atoms with Crippen LogP contribution in [0.1, 0.15) is 12.8 Å². The maximum Gasteiger partial charge on any atom is 0.315 e. The average molecular weight is 233 g/mol. The number of hydrogen-bond donors (Lipinski definition) is 2. The maximum atomic E-state index is 11.6. The van der Waals surface area contributed by atoms with Crippen molar-refractivity contribution < 1.29 is 14.6 Å². The Hall–Kier alpha value is -1.81. The molecule has 1 aromatic rings. The fourth-order valence-corrected chi connectivity index (χ4v) is 1.72. The van der Waals surface area contributed by atoms with Crippen molar-refractivity contribution in [2.24, 2.45) is 0 Å². The van der Waals surface area contributed by atoms with E-state index in [2.05, 4.69) is 5.32 Å². The van der Waals surface area contributed by atoms with Crippen LogP contribution >= 0.6 is 0 Å². The molecule has 2 rings (SSSR count). The van der Waals surface area contributed by atoms with Gasteiger partial charge in [-0.15, -0.1) is 0 Å². The molecule has 4 heteroatoms. The molecule has 90 valence electrons. The lowest BCUT2D eigenvalue weighted by Crippen LogP contribution is -2.22. The maximum absolute atomic E-state index is 11.6. The van der Waals surface area contributed by atoms with Crippen LogP contribution < -0.4 is 10.1 Å². The number of phenolic OH excluding ortho intramolecular Hbond substituents is 1. The zero-order valence-corrected chi connectivity index (χ0v) is 9.48. The third kappa shape index (κ3) is 3.32. The van der Waals surface area contributed by atoms with Gasteiger partial charge in [0.05, 0.1) is 6.42 Å². The third-order valence-corrected chi connectivity index (χ3v) is 2.62. The number of aromatic hydroxyl groups is 1. The van der Waals surface area contributed by atoms with E-state index in [0.717, 1.165) is 25.1 Å². The molecule has 0 unspecified atom stereocenters. The first-order valence-electron chi connectivity index (χ1n) is 5.63. The van der Waals surface area contributed by atoms with Crippen LogP contribution in [0.2, 0.25) is 0 Å². The number of carbonyl (C=O) groups excluding carboxylic acids is 1. The summed E-state index contributed by atoms with van der Waals surface area (Å²) < 4.78 is 5.10. The third-order valence-electron chi connectivity index (χ3n) is 2.62. The molecule has 0 aromatic heterocycles. The van der Waals surface area contributed by atoms with Gasteiger partial charge in [-0.3, -0.25) is 4.79 Å². The minimum Gasteiger partial charge on any atom is -0.504 e. The van der Waals surface area contributed by atoms with Crippen LogP contribution in [-0.4, -0.2) is 24.2 Å². The summed E-state index contributed by atoms with van der Waals surface area (Å²) in [7, 11) is 0. The number of phenols is 1. The predicted molar refractivity (Wildman–Crippen MR) is 63.9 cm³/mol. The molecule has 0 radical (unpaired) electrons. The van der Waals surface area contributed by atoms with Crippen molar-refractivity contribution in [3.63, 3.8) is 0 Å². The zero-order valence-electron chi connectivity index (χ0n) is 9.48. The van der Waals surface area contributed by atoms with Gasteiger partial charge in [0.15, 0.2) is 11.5 Å². The fraction of sp³-hybridized carbons (Fsp3) is 0.308. The summed E-state index contributed by atoms with van der Waals surface area (Å²) in [5.74, 6) is -0.133. The van der Waals surface area contributed by atoms with Gasteiger partial charge in [-0.2, -0.15) is 0 Å². The van der Waals surface area contributed by atoms with Gasteiger partial charge in [-0.25, -0.2) is 0 Å². The molecule has 0 saturated carbocycles. The van der Waals surface area contributed by atoms with Crippen LogP contribution in [0, 0.1) is 0 Å². The second-order valence-corrected chi connectivity index (χ2v) is 3.94. The minimum absolute atomic E-state index is 0.0138. The van der Waals surface area contributed by atoms with Crippen molar-refractivity contribution in [2.45, 2.75) is 12.8 Å². The molecule has 0 fully saturated rings. The second-order valence-electron chi connectivity index (χ2n) is 3.94. The summed E-state index contributed by atoms with van der Waals surface area (Å²) in [4.78, 5) is 11.6. The topological polar surface area (TPSA) is 58.6 Å². The molecule has 0 amide bonds. The van der Waals surface area contributed by atoms with E-state index in [4.69, 9.17) is 4.74 Å². The molecule has 4 nitrogen and oxygen atoms in total. The molecule has 0 bridgehead atoms. The van der Waals surface area contributed by atoms with Gasteiger partial charge in [0.1, 0.15) is 0 Å². The second kappa shape index (κ2) is 5.50. The highest BCUT2D eigenvalue weighted by Gasteiger charge is 2.12. The summed E-state index contributed by atoms with van der Waals surface area (Å²) >= 11 is 0. The highest BCUT2D eigenvalue weighted by atomic mass is 16.5. The first-order chi connectivity index (χ1) is 8.25. The number of nitrogens with one attached hydrogen (secondary N) is 1. The number of esters is 1. The Morgan fingerprint density at radius 2 is 2.24 bits per heavy atom. The van der Waals surface area contributed by atoms with Crippen LogP contribution in [0.25, 0.3) is 0 Å². The molecule has 1 aliphatic heterocycles. The molecule has 17 heavy (non-hydrogen) atoms. The van der Waals surface area contributed by atoms with Crippen molar-refractivity contribution >= 4 is 5.97 Å². The molecule has 2 N–H and O–H groups in total. The van der Waals surface area contributed by atoms with E-state index >= 15 is 0 Å². The fourth-order valence-electron chi connectivity index (χ4n) is 1.72. The normalized spacial score (nSPS) is 15.2. The van der Waals surface area contributed by atoms with Crippen LogP contribution in [0.15, 0.2) is 35.9 Å². The molecule has 0 spiro atoms. The van der Waals surface area contributed by atoms with Crippen molar-refractivity contribution in [2.75, 3.05) is 13.1 Å². The standard InChI is InChI=1S/C13H15NO3/c15-11-3-1-2-4-12(11)17-13(16)9-10-5-7-14-8-6-10/h1-5,14-15H,6-9H2. The zero-order chi connectivity index (χ0) is 12.1. The van der Waals surface area contributed by atoms with Crippen molar-refractivity contribution in [3.05, 3.63) is 35.9 Å². The van der Waals surface area contributed by atoms with E-state index < -0.39 is 0 Å². The minimum atomic E-state index is -0.334. The largest absolute Gasteiger partial charge is 0.504 e. The van der Waals surface area contributed by atoms with Gasteiger partial charge in [0.2, 0.25) is 0 Å². The van der Waals surface area contributed by atoms with Crippen molar-refractivity contribution in [1.29, 1.82) is 0 Å². The molecule has 1 aromatic carbocycles. The van der Waals surface area contributed by atoms with Gasteiger partial charge in [-0.05, 0) is 25.1 Å². The Labute approximate surface area is 99.9 Å². The van der Waals surface area contributed by atoms with Gasteiger partial charge >= 0.3 is 5.97 Å². The highest BCUT2D eigenvalue weighted by molar-refractivity contribution is 5.75. The van der Waals surface area contributed by atoms with Crippen LogP contribution in [-0.2, 0) is 4.79 Å². The van der Waals surface area contributed by atoms with Crippen LogP contribution in [0.4, 0.5) is 0 Å². The molecule has 0 aliphatic carbocycles. The number of ether oxygens (including phenoxy) is 1. The number of carbonyl (C=O) groups is 1. The van der Waals surface area contributed by atoms with Crippen molar-refractivity contribution in [3.8, 4) is 11.5 Å². The Kier molecular flexibility index (Phi) is 3.77.